The van der Waals surface area contributed by atoms with E-state index in [0.29, 0.717) is 11.5 Å². The van der Waals surface area contributed by atoms with Crippen LogP contribution in [0.3, 0.4) is 0 Å². The zero-order valence-electron chi connectivity index (χ0n) is 9.37. The number of halogens is 2. The van der Waals surface area contributed by atoms with E-state index in [1.807, 2.05) is 0 Å². The number of nitrogens with two attached hydrogens (primary N) is 1. The van der Waals surface area contributed by atoms with Gasteiger partial charge in [0.05, 0.1) is 5.69 Å². The Hall–Kier alpha value is -1.56. The lowest BCUT2D eigenvalue weighted by Crippen LogP contribution is -1.97. The van der Waals surface area contributed by atoms with Gasteiger partial charge in [0.25, 0.3) is 0 Å². The fourth-order valence-electron chi connectivity index (χ4n) is 1.51. The minimum Gasteiger partial charge on any atom is -0.384 e. The van der Waals surface area contributed by atoms with Gasteiger partial charge in [0.2, 0.25) is 0 Å². The molecule has 1 aromatic heterocycles. The van der Waals surface area contributed by atoms with Gasteiger partial charge in [-0.1, -0.05) is 0 Å². The van der Waals surface area contributed by atoms with E-state index in [4.69, 9.17) is 5.73 Å². The number of hydrogen-bond acceptors (Lipinski definition) is 3. The lowest BCUT2D eigenvalue weighted by molar-refractivity contribution is 0.580. The minimum atomic E-state index is -0.491. The van der Waals surface area contributed by atoms with Gasteiger partial charge in [-0.2, -0.15) is 5.10 Å². The molecule has 0 saturated heterocycles. The van der Waals surface area contributed by atoms with Crippen molar-refractivity contribution in [2.45, 2.75) is 4.90 Å². The van der Waals surface area contributed by atoms with Crippen LogP contribution < -0.4 is 5.73 Å². The highest BCUT2D eigenvalue weighted by Gasteiger charge is 2.15. The molecule has 0 aliphatic heterocycles. The summed E-state index contributed by atoms with van der Waals surface area (Å²) < 4.78 is 28.8. The lowest BCUT2D eigenvalue weighted by Gasteiger charge is -2.04. The molecule has 2 rings (SSSR count). The lowest BCUT2D eigenvalue weighted by atomic mass is 10.1. The van der Waals surface area contributed by atoms with Crippen LogP contribution in [-0.4, -0.2) is 16.0 Å². The second-order valence-electron chi connectivity index (χ2n) is 3.55. The van der Waals surface area contributed by atoms with Crippen molar-refractivity contribution in [1.29, 1.82) is 0 Å². The molecular weight excluding hydrogens is 244 g/mol. The predicted octanol–water partition coefficient (Wildman–Crippen LogP) is 2.67. The highest BCUT2D eigenvalue weighted by atomic mass is 32.2. The highest BCUT2D eigenvalue weighted by molar-refractivity contribution is 7.98. The van der Waals surface area contributed by atoms with Gasteiger partial charge < -0.3 is 5.73 Å². The number of rotatable bonds is 2. The second-order valence-corrected chi connectivity index (χ2v) is 4.40. The van der Waals surface area contributed by atoms with Crippen LogP contribution in [0.5, 0.6) is 0 Å². The van der Waals surface area contributed by atoms with E-state index in [9.17, 15) is 8.78 Å². The van der Waals surface area contributed by atoms with Crippen molar-refractivity contribution in [1.82, 2.24) is 9.78 Å². The van der Waals surface area contributed by atoms with Crippen molar-refractivity contribution in [3.8, 4) is 11.3 Å². The van der Waals surface area contributed by atoms with Crippen LogP contribution in [0.1, 0.15) is 0 Å². The summed E-state index contributed by atoms with van der Waals surface area (Å²) in [6.07, 6.45) is 1.69. The fourth-order valence-corrected chi connectivity index (χ4v) is 2.03. The summed E-state index contributed by atoms with van der Waals surface area (Å²) in [5, 5.41) is 4.03. The zero-order valence-corrected chi connectivity index (χ0v) is 10.2. The Morgan fingerprint density at radius 2 is 2.00 bits per heavy atom. The number of nitrogens with zero attached hydrogens (tertiary/aromatic N) is 2. The first-order valence-electron chi connectivity index (χ1n) is 4.86. The maximum absolute atomic E-state index is 14.0. The number of thioether (sulfide) groups is 1. The number of hydrogen-bond donors (Lipinski definition) is 1. The van der Waals surface area contributed by atoms with E-state index in [1.165, 1.54) is 10.7 Å². The highest BCUT2D eigenvalue weighted by Crippen LogP contribution is 2.30. The number of benzene rings is 1. The molecule has 0 saturated carbocycles. The normalized spacial score (nSPS) is 10.8. The number of aromatic nitrogens is 2. The van der Waals surface area contributed by atoms with Crippen molar-refractivity contribution in [3.63, 3.8) is 0 Å². The van der Waals surface area contributed by atoms with Crippen molar-refractivity contribution in [2.24, 2.45) is 7.05 Å². The van der Waals surface area contributed by atoms with Crippen LogP contribution in [0.15, 0.2) is 23.1 Å². The largest absolute Gasteiger partial charge is 0.384 e. The van der Waals surface area contributed by atoms with E-state index in [0.717, 1.165) is 23.9 Å². The van der Waals surface area contributed by atoms with Gasteiger partial charge in [-0.3, -0.25) is 4.68 Å². The topological polar surface area (TPSA) is 43.8 Å². The Balaban J connectivity index is 2.62. The average molecular weight is 255 g/mol. The van der Waals surface area contributed by atoms with Gasteiger partial charge >= 0.3 is 0 Å². The molecule has 0 aliphatic rings. The Kier molecular flexibility index (Phi) is 3.06. The summed E-state index contributed by atoms with van der Waals surface area (Å²) >= 11 is 1.15. The van der Waals surface area contributed by atoms with Gasteiger partial charge in [-0.15, -0.1) is 11.8 Å². The molecule has 0 aliphatic carbocycles. The Labute approximate surface area is 102 Å². The maximum atomic E-state index is 14.0. The van der Waals surface area contributed by atoms with E-state index in [2.05, 4.69) is 5.10 Å². The molecule has 1 aromatic carbocycles. The molecule has 6 heteroatoms. The average Bonchev–Trinajstić information content (AvgIpc) is 2.62. The Morgan fingerprint density at radius 1 is 1.29 bits per heavy atom. The van der Waals surface area contributed by atoms with Crippen molar-refractivity contribution in [2.75, 3.05) is 12.0 Å². The van der Waals surface area contributed by atoms with Gasteiger partial charge in [0.15, 0.2) is 0 Å². The van der Waals surface area contributed by atoms with E-state index in [1.54, 1.807) is 13.3 Å². The molecule has 17 heavy (non-hydrogen) atoms. The monoisotopic (exact) mass is 255 g/mol. The van der Waals surface area contributed by atoms with E-state index < -0.39 is 11.6 Å². The van der Waals surface area contributed by atoms with Crippen molar-refractivity contribution < 1.29 is 8.78 Å². The van der Waals surface area contributed by atoms with Gasteiger partial charge in [-0.25, -0.2) is 8.78 Å². The molecule has 0 bridgehead atoms. The number of anilines is 1. The molecule has 90 valence electrons. The number of nitrogen functional groups attached to an aromatic ring is 1. The Morgan fingerprint density at radius 3 is 2.53 bits per heavy atom. The molecule has 2 aromatic rings. The molecule has 0 amide bonds. The third-order valence-corrected chi connectivity index (χ3v) is 3.15. The summed E-state index contributed by atoms with van der Waals surface area (Å²) in [6.45, 7) is 0. The van der Waals surface area contributed by atoms with Gasteiger partial charge in [0.1, 0.15) is 17.5 Å². The maximum Gasteiger partial charge on any atom is 0.146 e. The zero-order chi connectivity index (χ0) is 12.6. The molecule has 3 nitrogen and oxygen atoms in total. The van der Waals surface area contributed by atoms with Gasteiger partial charge in [-0.05, 0) is 18.4 Å². The van der Waals surface area contributed by atoms with Crippen LogP contribution in [0, 0.1) is 11.6 Å². The first-order valence-corrected chi connectivity index (χ1v) is 6.08. The minimum absolute atomic E-state index is 0.127. The van der Waals surface area contributed by atoms with Crippen LogP contribution >= 0.6 is 11.8 Å². The van der Waals surface area contributed by atoms with Crippen LogP contribution in [-0.2, 0) is 7.05 Å². The number of aryl methyl sites for hydroxylation is 1. The van der Waals surface area contributed by atoms with E-state index >= 15 is 0 Å². The van der Waals surface area contributed by atoms with Gasteiger partial charge in [0, 0.05) is 23.6 Å². The van der Waals surface area contributed by atoms with Crippen LogP contribution in [0.25, 0.3) is 11.3 Å². The molecule has 0 spiro atoms. The first kappa shape index (κ1) is 11.9. The summed E-state index contributed by atoms with van der Waals surface area (Å²) in [6, 6.07) is 3.80. The molecule has 0 fully saturated rings. The SMILES string of the molecule is CSc1cc(F)cc(-c2cc(N)n(C)n2)c1F. The second kappa shape index (κ2) is 4.37. The first-order chi connectivity index (χ1) is 8.02. The standard InChI is InChI=1S/C11H11F2N3S/c1-16-10(14)5-8(15-16)7-3-6(12)4-9(17-2)11(7)13/h3-5H,14H2,1-2H3. The third-order valence-electron chi connectivity index (χ3n) is 2.42. The van der Waals surface area contributed by atoms with Crippen molar-refractivity contribution >= 4 is 17.6 Å². The van der Waals surface area contributed by atoms with Crippen molar-refractivity contribution in [3.05, 3.63) is 29.8 Å². The molecule has 2 N–H and O–H groups in total. The molecule has 0 unspecified atom stereocenters. The summed E-state index contributed by atoms with van der Waals surface area (Å²) in [7, 11) is 1.64. The molecule has 0 radical (unpaired) electrons. The van der Waals surface area contributed by atoms with Crippen LogP contribution in [0.2, 0.25) is 0 Å². The predicted molar refractivity (Wildman–Crippen MR) is 64.8 cm³/mol. The summed E-state index contributed by atoms with van der Waals surface area (Å²) in [4.78, 5) is 0.254. The molecule has 0 atom stereocenters. The summed E-state index contributed by atoms with van der Waals surface area (Å²) in [5.74, 6) is -0.568. The fraction of sp³-hybridized carbons (Fsp3) is 0.182. The van der Waals surface area contributed by atoms with E-state index in [-0.39, 0.29) is 10.5 Å². The van der Waals surface area contributed by atoms with Crippen LogP contribution in [0.4, 0.5) is 14.6 Å². The molecular formula is C11H11F2N3S. The smallest absolute Gasteiger partial charge is 0.146 e. The third kappa shape index (κ3) is 2.12. The quantitative estimate of drug-likeness (QED) is 0.839. The summed E-state index contributed by atoms with van der Waals surface area (Å²) in [5.41, 5.74) is 6.07. The molecule has 1 heterocycles. The Bertz CT molecular complexity index is 547.